The number of aromatic amines is 1. The molecule has 0 unspecified atom stereocenters. The second-order valence-corrected chi connectivity index (χ2v) is 5.97. The van der Waals surface area contributed by atoms with Crippen LogP contribution in [0.5, 0.6) is 0 Å². The monoisotopic (exact) mass is 350 g/mol. The van der Waals surface area contributed by atoms with E-state index in [1.54, 1.807) is 6.92 Å². The van der Waals surface area contributed by atoms with Gasteiger partial charge in [0.15, 0.2) is 5.16 Å². The van der Waals surface area contributed by atoms with Crippen LogP contribution in [0.4, 0.5) is 18.9 Å². The molecule has 0 spiro atoms. The maximum atomic E-state index is 12.7. The second kappa shape index (κ2) is 6.57. The molecule has 2 aromatic rings. The Kier molecular flexibility index (Phi) is 4.97. The minimum atomic E-state index is -4.51. The molecule has 0 aliphatic carbocycles. The number of nitrogens with zero attached hydrogens (tertiary/aromatic N) is 2. The number of carbonyl (C=O) groups excluding carboxylic acids is 1. The lowest BCUT2D eigenvalue weighted by Crippen LogP contribution is -2.23. The van der Waals surface area contributed by atoms with Crippen LogP contribution >= 0.6 is 23.4 Å². The lowest BCUT2D eigenvalue weighted by molar-refractivity contribution is -0.137. The molecule has 118 valence electrons. The van der Waals surface area contributed by atoms with E-state index in [-0.39, 0.29) is 10.7 Å². The molecule has 2 rings (SSSR count). The van der Waals surface area contributed by atoms with Crippen molar-refractivity contribution in [2.24, 2.45) is 0 Å². The Balaban J connectivity index is 2.10. The third-order valence-electron chi connectivity index (χ3n) is 2.60. The van der Waals surface area contributed by atoms with Crippen LogP contribution in [-0.2, 0) is 11.0 Å². The molecular weight excluding hydrogens is 341 g/mol. The summed E-state index contributed by atoms with van der Waals surface area (Å²) < 4.78 is 38.0. The number of H-pyrrole nitrogens is 1. The van der Waals surface area contributed by atoms with Crippen molar-refractivity contribution in [3.05, 3.63) is 35.1 Å². The molecule has 0 bridgehead atoms. The van der Waals surface area contributed by atoms with E-state index < -0.39 is 22.9 Å². The fraction of sp³-hybridized carbons (Fsp3) is 0.250. The van der Waals surface area contributed by atoms with E-state index in [0.29, 0.717) is 5.16 Å². The Morgan fingerprint density at radius 3 is 2.77 bits per heavy atom. The van der Waals surface area contributed by atoms with Gasteiger partial charge in [-0.2, -0.15) is 18.3 Å². The van der Waals surface area contributed by atoms with Crippen LogP contribution in [0.15, 0.2) is 29.7 Å². The number of rotatable bonds is 4. The number of thioether (sulfide) groups is 1. The molecule has 1 heterocycles. The lowest BCUT2D eigenvalue weighted by atomic mass is 10.2. The molecule has 5 nitrogen and oxygen atoms in total. The quantitative estimate of drug-likeness (QED) is 0.827. The summed E-state index contributed by atoms with van der Waals surface area (Å²) in [6.07, 6.45) is -3.22. The topological polar surface area (TPSA) is 70.7 Å². The zero-order chi connectivity index (χ0) is 16.3. The molecule has 1 aromatic carbocycles. The number of anilines is 1. The average Bonchev–Trinajstić information content (AvgIpc) is 2.92. The molecule has 0 radical (unpaired) electrons. The van der Waals surface area contributed by atoms with Gasteiger partial charge in [0.25, 0.3) is 0 Å². The summed E-state index contributed by atoms with van der Waals surface area (Å²) in [7, 11) is 0. The molecule has 0 saturated heterocycles. The number of hydrogen-bond donors (Lipinski definition) is 2. The first kappa shape index (κ1) is 16.6. The van der Waals surface area contributed by atoms with E-state index >= 15 is 0 Å². The first-order valence-electron chi connectivity index (χ1n) is 5.97. The number of alkyl halides is 3. The van der Waals surface area contributed by atoms with Gasteiger partial charge in [-0.05, 0) is 25.1 Å². The number of benzene rings is 1. The Bertz CT molecular complexity index is 663. The van der Waals surface area contributed by atoms with Crippen LogP contribution in [-0.4, -0.2) is 26.3 Å². The summed E-state index contributed by atoms with van der Waals surface area (Å²) in [6, 6.07) is 2.74. The van der Waals surface area contributed by atoms with Gasteiger partial charge in [0.1, 0.15) is 6.33 Å². The molecule has 0 aliphatic rings. The fourth-order valence-corrected chi connectivity index (χ4v) is 2.38. The van der Waals surface area contributed by atoms with E-state index in [1.165, 1.54) is 6.33 Å². The Morgan fingerprint density at radius 2 is 2.18 bits per heavy atom. The number of aromatic nitrogens is 3. The minimum Gasteiger partial charge on any atom is -0.324 e. The van der Waals surface area contributed by atoms with Crippen molar-refractivity contribution in [2.45, 2.75) is 23.5 Å². The van der Waals surface area contributed by atoms with Gasteiger partial charge < -0.3 is 5.32 Å². The molecule has 1 aromatic heterocycles. The van der Waals surface area contributed by atoms with E-state index in [1.807, 2.05) is 0 Å². The number of carbonyl (C=O) groups is 1. The van der Waals surface area contributed by atoms with E-state index in [2.05, 4.69) is 20.5 Å². The molecule has 10 heteroatoms. The van der Waals surface area contributed by atoms with Crippen molar-refractivity contribution in [2.75, 3.05) is 5.32 Å². The second-order valence-electron chi connectivity index (χ2n) is 4.23. The van der Waals surface area contributed by atoms with Gasteiger partial charge in [-0.3, -0.25) is 9.89 Å². The van der Waals surface area contributed by atoms with Crippen molar-refractivity contribution in [3.63, 3.8) is 0 Å². The van der Waals surface area contributed by atoms with Crippen LogP contribution in [0, 0.1) is 0 Å². The van der Waals surface area contributed by atoms with E-state index in [0.717, 1.165) is 30.0 Å². The molecule has 1 atom stereocenters. The summed E-state index contributed by atoms with van der Waals surface area (Å²) >= 11 is 6.91. The third-order valence-corrected chi connectivity index (χ3v) is 3.92. The van der Waals surface area contributed by atoms with Crippen molar-refractivity contribution in [1.29, 1.82) is 0 Å². The molecule has 0 fully saturated rings. The predicted octanol–water partition coefficient (Wildman–Crippen LogP) is 3.60. The van der Waals surface area contributed by atoms with Crippen LogP contribution in [0.1, 0.15) is 12.5 Å². The molecule has 0 saturated carbocycles. The first-order valence-corrected chi connectivity index (χ1v) is 7.23. The zero-order valence-corrected chi connectivity index (χ0v) is 12.7. The van der Waals surface area contributed by atoms with Crippen molar-refractivity contribution >= 4 is 35.0 Å². The summed E-state index contributed by atoms with van der Waals surface area (Å²) in [4.78, 5) is 15.9. The van der Waals surface area contributed by atoms with Gasteiger partial charge in [-0.1, -0.05) is 23.4 Å². The van der Waals surface area contributed by atoms with Gasteiger partial charge in [0, 0.05) is 0 Å². The van der Waals surface area contributed by atoms with Crippen molar-refractivity contribution < 1.29 is 18.0 Å². The molecular formula is C12H10ClF3N4OS. The van der Waals surface area contributed by atoms with E-state index in [9.17, 15) is 18.0 Å². The lowest BCUT2D eigenvalue weighted by Gasteiger charge is -2.14. The number of halogens is 4. The smallest absolute Gasteiger partial charge is 0.324 e. The Labute approximate surface area is 132 Å². The minimum absolute atomic E-state index is 0.0261. The highest BCUT2D eigenvalue weighted by atomic mass is 35.5. The highest BCUT2D eigenvalue weighted by Crippen LogP contribution is 2.34. The summed E-state index contributed by atoms with van der Waals surface area (Å²) in [5.41, 5.74) is -0.978. The van der Waals surface area contributed by atoms with Crippen LogP contribution in [0.2, 0.25) is 5.02 Å². The molecule has 22 heavy (non-hydrogen) atoms. The number of hydrogen-bond acceptors (Lipinski definition) is 4. The first-order chi connectivity index (χ1) is 10.3. The normalized spacial score (nSPS) is 13.0. The van der Waals surface area contributed by atoms with Gasteiger partial charge in [-0.25, -0.2) is 4.98 Å². The molecule has 1 amide bonds. The predicted molar refractivity (Wildman–Crippen MR) is 76.8 cm³/mol. The highest BCUT2D eigenvalue weighted by molar-refractivity contribution is 8.00. The van der Waals surface area contributed by atoms with Crippen LogP contribution in [0.3, 0.4) is 0 Å². The Morgan fingerprint density at radius 1 is 1.45 bits per heavy atom. The number of nitrogens with one attached hydrogen (secondary N) is 2. The Hall–Kier alpha value is -1.74. The zero-order valence-electron chi connectivity index (χ0n) is 11.1. The highest BCUT2D eigenvalue weighted by Gasteiger charge is 2.31. The fourth-order valence-electron chi connectivity index (χ4n) is 1.50. The van der Waals surface area contributed by atoms with Gasteiger partial charge in [-0.15, -0.1) is 0 Å². The summed E-state index contributed by atoms with van der Waals surface area (Å²) in [5, 5.41) is 8.45. The summed E-state index contributed by atoms with van der Waals surface area (Å²) in [5.74, 6) is -0.498. The van der Waals surface area contributed by atoms with Crippen molar-refractivity contribution in [1.82, 2.24) is 15.2 Å². The summed E-state index contributed by atoms with van der Waals surface area (Å²) in [6.45, 7) is 1.59. The van der Waals surface area contributed by atoms with Gasteiger partial charge in [0.05, 0.1) is 21.5 Å². The average molecular weight is 351 g/mol. The van der Waals surface area contributed by atoms with Crippen LogP contribution in [0.25, 0.3) is 0 Å². The number of amides is 1. The largest absolute Gasteiger partial charge is 0.416 e. The third kappa shape index (κ3) is 4.14. The SMILES string of the molecule is C[C@H](Sc1ncn[nH]1)C(=O)Nc1cc(C(F)(F)F)ccc1Cl. The van der Waals surface area contributed by atoms with Gasteiger partial charge in [0.2, 0.25) is 5.91 Å². The van der Waals surface area contributed by atoms with Crippen LogP contribution < -0.4 is 5.32 Å². The molecule has 0 aliphatic heterocycles. The maximum Gasteiger partial charge on any atom is 0.416 e. The molecule has 2 N–H and O–H groups in total. The van der Waals surface area contributed by atoms with E-state index in [4.69, 9.17) is 11.6 Å². The standard InChI is InChI=1S/C12H10ClF3N4OS/c1-6(22-11-17-5-18-20-11)10(21)19-9-4-7(12(14,15)16)2-3-8(9)13/h2-6H,1H3,(H,19,21)(H,17,18,20)/t6-/m0/s1. The maximum absolute atomic E-state index is 12.7. The van der Waals surface area contributed by atoms with Crippen molar-refractivity contribution in [3.8, 4) is 0 Å². The van der Waals surface area contributed by atoms with Gasteiger partial charge >= 0.3 is 6.18 Å².